The van der Waals surface area contributed by atoms with Gasteiger partial charge in [-0.15, -0.1) is 0 Å². The molecule has 2 aromatic rings. The van der Waals surface area contributed by atoms with E-state index in [0.717, 1.165) is 17.3 Å². The van der Waals surface area contributed by atoms with Crippen molar-refractivity contribution >= 4 is 22.7 Å². The molecule has 0 spiro atoms. The van der Waals surface area contributed by atoms with E-state index in [0.29, 0.717) is 13.0 Å². The Kier molecular flexibility index (Phi) is 6.14. The molecule has 0 saturated heterocycles. The van der Waals surface area contributed by atoms with Crippen LogP contribution < -0.4 is 11.1 Å². The molecular formula is C18H26N4O3. The number of benzene rings is 1. The maximum atomic E-state index is 12.6. The number of carbonyl (C=O) groups is 2. The lowest BCUT2D eigenvalue weighted by atomic mass is 10.0. The highest BCUT2D eigenvalue weighted by Gasteiger charge is 2.25. The molecule has 2 amide bonds. The average Bonchev–Trinajstić information content (AvgIpc) is 2.90. The monoisotopic (exact) mass is 346 g/mol. The second-order valence-electron chi connectivity index (χ2n) is 6.68. The molecule has 0 aliphatic rings. The largest absolute Gasteiger partial charge is 0.393 e. The number of fused-ring (bicyclic) bond motifs is 1. The number of amides is 2. The number of nitrogens with one attached hydrogen (secondary N) is 1. The molecule has 0 aliphatic carbocycles. The summed E-state index contributed by atoms with van der Waals surface area (Å²) in [4.78, 5) is 24.2. The molecule has 25 heavy (non-hydrogen) atoms. The molecule has 0 saturated carbocycles. The number of aryl methyl sites for hydroxylation is 1. The molecule has 7 heteroatoms. The molecule has 4 N–H and O–H groups in total. The number of rotatable bonds is 8. The second-order valence-corrected chi connectivity index (χ2v) is 6.68. The first-order valence-corrected chi connectivity index (χ1v) is 8.55. The lowest BCUT2D eigenvalue weighted by Crippen LogP contribution is -2.47. The third-order valence-corrected chi connectivity index (χ3v) is 4.12. The summed E-state index contributed by atoms with van der Waals surface area (Å²) < 4.78 is 1.77. The smallest absolute Gasteiger partial charge is 0.273 e. The van der Waals surface area contributed by atoms with Crippen molar-refractivity contribution in [3.63, 3.8) is 0 Å². The van der Waals surface area contributed by atoms with E-state index in [1.165, 1.54) is 0 Å². The van der Waals surface area contributed by atoms with Crippen LogP contribution in [0.3, 0.4) is 0 Å². The molecule has 0 fully saturated rings. The number of carbonyl (C=O) groups excluding carboxylic acids is 2. The highest BCUT2D eigenvalue weighted by atomic mass is 16.3. The molecule has 0 radical (unpaired) electrons. The number of hydrogen-bond acceptors (Lipinski definition) is 4. The standard InChI is InChI=1S/C18H26N4O3/c1-11(2)15(17(19)24)20-18(25)16-13-8-4-5-9-14(13)22(21-16)10-6-7-12(3)23/h4-5,8-9,11-12,15,23H,6-7,10H2,1-3H3,(H2,19,24)(H,20,25)/t12-,15-/m1/s1. The summed E-state index contributed by atoms with van der Waals surface area (Å²) in [5.41, 5.74) is 6.50. The van der Waals surface area contributed by atoms with Gasteiger partial charge in [0.1, 0.15) is 6.04 Å². The van der Waals surface area contributed by atoms with Crippen LogP contribution in [-0.4, -0.2) is 38.8 Å². The number of aliphatic hydroxyl groups excluding tert-OH is 1. The van der Waals surface area contributed by atoms with Crippen molar-refractivity contribution in [3.05, 3.63) is 30.0 Å². The zero-order valence-electron chi connectivity index (χ0n) is 14.9. The maximum Gasteiger partial charge on any atom is 0.273 e. The number of primary amides is 1. The van der Waals surface area contributed by atoms with Gasteiger partial charge in [0.25, 0.3) is 5.91 Å². The number of aromatic nitrogens is 2. The van der Waals surface area contributed by atoms with Crippen molar-refractivity contribution in [2.75, 3.05) is 0 Å². The van der Waals surface area contributed by atoms with Crippen molar-refractivity contribution in [2.45, 2.75) is 52.3 Å². The van der Waals surface area contributed by atoms with E-state index in [1.807, 2.05) is 38.1 Å². The SMILES string of the molecule is CC(C)[C@@H](NC(=O)c1nn(CCC[C@@H](C)O)c2ccccc12)C(N)=O. The normalized spacial score (nSPS) is 13.8. The summed E-state index contributed by atoms with van der Waals surface area (Å²) in [7, 11) is 0. The van der Waals surface area contributed by atoms with Crippen molar-refractivity contribution in [3.8, 4) is 0 Å². The van der Waals surface area contributed by atoms with Crippen LogP contribution in [0.1, 0.15) is 44.1 Å². The average molecular weight is 346 g/mol. The third kappa shape index (κ3) is 4.57. The van der Waals surface area contributed by atoms with Gasteiger partial charge in [-0.2, -0.15) is 5.10 Å². The molecule has 7 nitrogen and oxygen atoms in total. The van der Waals surface area contributed by atoms with Crippen LogP contribution in [0, 0.1) is 5.92 Å². The Morgan fingerprint density at radius 1 is 1.28 bits per heavy atom. The summed E-state index contributed by atoms with van der Waals surface area (Å²) in [5, 5.41) is 17.2. The van der Waals surface area contributed by atoms with Crippen molar-refractivity contribution < 1.29 is 14.7 Å². The molecule has 2 atom stereocenters. The molecule has 136 valence electrons. The minimum absolute atomic E-state index is 0.110. The van der Waals surface area contributed by atoms with Crippen LogP contribution in [0.4, 0.5) is 0 Å². The van der Waals surface area contributed by atoms with Gasteiger partial charge in [-0.05, 0) is 31.7 Å². The minimum Gasteiger partial charge on any atom is -0.393 e. The number of para-hydroxylation sites is 1. The highest BCUT2D eigenvalue weighted by Crippen LogP contribution is 2.19. The quantitative estimate of drug-likeness (QED) is 0.671. The van der Waals surface area contributed by atoms with Gasteiger partial charge in [0.15, 0.2) is 5.69 Å². The summed E-state index contributed by atoms with van der Waals surface area (Å²) in [5.74, 6) is -1.09. The van der Waals surface area contributed by atoms with Crippen LogP contribution in [0.5, 0.6) is 0 Å². The van der Waals surface area contributed by atoms with Gasteiger partial charge in [-0.3, -0.25) is 14.3 Å². The van der Waals surface area contributed by atoms with E-state index >= 15 is 0 Å². The first kappa shape index (κ1) is 18.9. The van der Waals surface area contributed by atoms with E-state index < -0.39 is 17.9 Å². The molecule has 2 rings (SSSR count). The number of aliphatic hydroxyl groups is 1. The fourth-order valence-corrected chi connectivity index (χ4v) is 2.78. The Morgan fingerprint density at radius 2 is 1.96 bits per heavy atom. The van der Waals surface area contributed by atoms with Gasteiger partial charge in [-0.1, -0.05) is 32.0 Å². The zero-order valence-corrected chi connectivity index (χ0v) is 14.9. The fraction of sp³-hybridized carbons (Fsp3) is 0.500. The lowest BCUT2D eigenvalue weighted by molar-refractivity contribution is -0.120. The Balaban J connectivity index is 2.28. The summed E-state index contributed by atoms with van der Waals surface area (Å²) in [6, 6.07) is 6.71. The summed E-state index contributed by atoms with van der Waals surface area (Å²) >= 11 is 0. The van der Waals surface area contributed by atoms with Gasteiger partial charge < -0.3 is 16.2 Å². The van der Waals surface area contributed by atoms with Crippen LogP contribution >= 0.6 is 0 Å². The van der Waals surface area contributed by atoms with Crippen molar-refractivity contribution in [2.24, 2.45) is 11.7 Å². The maximum absolute atomic E-state index is 12.6. The van der Waals surface area contributed by atoms with Gasteiger partial charge in [0.2, 0.25) is 5.91 Å². The van der Waals surface area contributed by atoms with Gasteiger partial charge in [-0.25, -0.2) is 0 Å². The molecule has 1 aromatic heterocycles. The van der Waals surface area contributed by atoms with E-state index in [9.17, 15) is 14.7 Å². The third-order valence-electron chi connectivity index (χ3n) is 4.12. The highest BCUT2D eigenvalue weighted by molar-refractivity contribution is 6.06. The first-order valence-electron chi connectivity index (χ1n) is 8.55. The fourth-order valence-electron chi connectivity index (χ4n) is 2.78. The molecule has 1 aromatic carbocycles. The summed E-state index contributed by atoms with van der Waals surface area (Å²) in [6.45, 7) is 5.99. The molecule has 0 bridgehead atoms. The minimum atomic E-state index is -0.744. The zero-order chi connectivity index (χ0) is 18.6. The van der Waals surface area contributed by atoms with E-state index in [2.05, 4.69) is 10.4 Å². The predicted octanol–water partition coefficient (Wildman–Crippen LogP) is 1.44. The Hall–Kier alpha value is -2.41. The molecule has 0 unspecified atom stereocenters. The van der Waals surface area contributed by atoms with Gasteiger partial charge >= 0.3 is 0 Å². The Morgan fingerprint density at radius 3 is 2.56 bits per heavy atom. The Labute approximate surface area is 147 Å². The number of nitrogens with two attached hydrogens (primary N) is 1. The van der Waals surface area contributed by atoms with Gasteiger partial charge in [0, 0.05) is 11.9 Å². The second kappa shape index (κ2) is 8.11. The topological polar surface area (TPSA) is 110 Å². The van der Waals surface area contributed by atoms with E-state index in [1.54, 1.807) is 11.6 Å². The first-order chi connectivity index (χ1) is 11.8. The predicted molar refractivity (Wildman–Crippen MR) is 95.9 cm³/mol. The van der Waals surface area contributed by atoms with Crippen molar-refractivity contribution in [1.29, 1.82) is 0 Å². The molecule has 0 aliphatic heterocycles. The number of hydrogen-bond donors (Lipinski definition) is 3. The van der Waals surface area contributed by atoms with Crippen LogP contribution in [0.25, 0.3) is 10.9 Å². The molecular weight excluding hydrogens is 320 g/mol. The summed E-state index contributed by atoms with van der Waals surface area (Å²) in [6.07, 6.45) is 1.04. The van der Waals surface area contributed by atoms with Crippen LogP contribution in [0.2, 0.25) is 0 Å². The van der Waals surface area contributed by atoms with Crippen LogP contribution in [-0.2, 0) is 11.3 Å². The Bertz CT molecular complexity index is 752. The lowest BCUT2D eigenvalue weighted by Gasteiger charge is -2.18. The van der Waals surface area contributed by atoms with E-state index in [-0.39, 0.29) is 17.7 Å². The van der Waals surface area contributed by atoms with Crippen molar-refractivity contribution in [1.82, 2.24) is 15.1 Å². The van der Waals surface area contributed by atoms with Gasteiger partial charge in [0.05, 0.1) is 11.6 Å². The number of nitrogens with zero attached hydrogens (tertiary/aromatic N) is 2. The molecule has 1 heterocycles. The van der Waals surface area contributed by atoms with Crippen LogP contribution in [0.15, 0.2) is 24.3 Å². The van der Waals surface area contributed by atoms with E-state index in [4.69, 9.17) is 5.73 Å².